The zero-order valence-corrected chi connectivity index (χ0v) is 12.3. The lowest BCUT2D eigenvalue weighted by molar-refractivity contribution is -0.134. The second-order valence-corrected chi connectivity index (χ2v) is 5.43. The third-order valence-corrected chi connectivity index (χ3v) is 3.24. The van der Waals surface area contributed by atoms with Crippen LogP contribution in [-0.2, 0) is 11.3 Å². The van der Waals surface area contributed by atoms with Crippen LogP contribution >= 0.6 is 23.2 Å². The number of carbonyl (C=O) groups is 1. The van der Waals surface area contributed by atoms with Crippen molar-refractivity contribution in [2.75, 3.05) is 0 Å². The van der Waals surface area contributed by atoms with Gasteiger partial charge in [0, 0.05) is 22.6 Å². The Hall–Kier alpha value is -0.770. The standard InChI is InChI=1S/C13H18Cl2N2O/c1-8(2)17(13(18)9(3)16)7-10-4-5-11(14)6-12(10)15/h4-6,8-9H,7,16H2,1-3H3. The first kappa shape index (κ1) is 15.3. The molecule has 0 heterocycles. The minimum atomic E-state index is -0.515. The van der Waals surface area contributed by atoms with Gasteiger partial charge in [-0.25, -0.2) is 0 Å². The molecule has 3 nitrogen and oxygen atoms in total. The predicted octanol–water partition coefficient (Wildman–Crippen LogP) is 3.08. The van der Waals surface area contributed by atoms with Crippen molar-refractivity contribution in [1.29, 1.82) is 0 Å². The number of rotatable bonds is 4. The number of benzene rings is 1. The molecule has 0 bridgehead atoms. The minimum absolute atomic E-state index is 0.0650. The number of amides is 1. The summed E-state index contributed by atoms with van der Waals surface area (Å²) < 4.78 is 0. The summed E-state index contributed by atoms with van der Waals surface area (Å²) in [5, 5.41) is 1.14. The molecule has 1 unspecified atom stereocenters. The molecule has 1 atom stereocenters. The summed E-state index contributed by atoms with van der Waals surface area (Å²) in [7, 11) is 0. The van der Waals surface area contributed by atoms with E-state index < -0.39 is 6.04 Å². The Balaban J connectivity index is 2.93. The number of hydrogen-bond donors (Lipinski definition) is 1. The van der Waals surface area contributed by atoms with E-state index in [9.17, 15) is 4.79 Å². The maximum absolute atomic E-state index is 12.0. The van der Waals surface area contributed by atoms with Gasteiger partial charge in [-0.15, -0.1) is 0 Å². The van der Waals surface area contributed by atoms with Crippen molar-refractivity contribution in [1.82, 2.24) is 4.90 Å². The molecule has 0 fully saturated rings. The number of carbonyl (C=O) groups excluding carboxylic acids is 1. The number of nitrogens with two attached hydrogens (primary N) is 1. The van der Waals surface area contributed by atoms with E-state index in [2.05, 4.69) is 0 Å². The molecular weight excluding hydrogens is 271 g/mol. The van der Waals surface area contributed by atoms with E-state index in [0.717, 1.165) is 5.56 Å². The first-order valence-electron chi connectivity index (χ1n) is 5.83. The zero-order valence-electron chi connectivity index (χ0n) is 10.8. The Morgan fingerprint density at radius 3 is 2.39 bits per heavy atom. The number of halogens is 2. The Bertz CT molecular complexity index is 433. The molecule has 0 aliphatic heterocycles. The number of nitrogens with zero attached hydrogens (tertiary/aromatic N) is 1. The van der Waals surface area contributed by atoms with E-state index in [1.807, 2.05) is 19.9 Å². The number of hydrogen-bond acceptors (Lipinski definition) is 2. The molecule has 1 aromatic rings. The van der Waals surface area contributed by atoms with Gasteiger partial charge in [-0.2, -0.15) is 0 Å². The van der Waals surface area contributed by atoms with Crippen LogP contribution in [0, 0.1) is 0 Å². The van der Waals surface area contributed by atoms with Crippen LogP contribution in [0.1, 0.15) is 26.3 Å². The molecule has 0 aromatic heterocycles. The van der Waals surface area contributed by atoms with Gasteiger partial charge in [0.15, 0.2) is 0 Å². The van der Waals surface area contributed by atoms with Gasteiger partial charge in [-0.05, 0) is 38.5 Å². The zero-order chi connectivity index (χ0) is 13.9. The Morgan fingerprint density at radius 1 is 1.33 bits per heavy atom. The monoisotopic (exact) mass is 288 g/mol. The third-order valence-electron chi connectivity index (χ3n) is 2.65. The topological polar surface area (TPSA) is 46.3 Å². The van der Waals surface area contributed by atoms with Crippen molar-refractivity contribution in [2.45, 2.75) is 39.4 Å². The molecule has 0 aliphatic rings. The van der Waals surface area contributed by atoms with E-state index >= 15 is 0 Å². The maximum atomic E-state index is 12.0. The fraction of sp³-hybridized carbons (Fsp3) is 0.462. The van der Waals surface area contributed by atoms with Crippen LogP contribution in [0.25, 0.3) is 0 Å². The molecule has 0 saturated carbocycles. The molecule has 0 radical (unpaired) electrons. The highest BCUT2D eigenvalue weighted by Gasteiger charge is 2.21. The van der Waals surface area contributed by atoms with Crippen LogP contribution < -0.4 is 5.73 Å². The predicted molar refractivity (Wildman–Crippen MR) is 75.8 cm³/mol. The highest BCUT2D eigenvalue weighted by molar-refractivity contribution is 6.35. The summed E-state index contributed by atoms with van der Waals surface area (Å²) in [6, 6.07) is 4.81. The lowest BCUT2D eigenvalue weighted by Crippen LogP contribution is -2.45. The summed E-state index contributed by atoms with van der Waals surface area (Å²) in [6.07, 6.45) is 0. The molecule has 0 aliphatic carbocycles. The van der Waals surface area contributed by atoms with Gasteiger partial charge in [0.25, 0.3) is 0 Å². The molecular formula is C13H18Cl2N2O. The van der Waals surface area contributed by atoms with Crippen molar-refractivity contribution in [3.05, 3.63) is 33.8 Å². The van der Waals surface area contributed by atoms with Crippen molar-refractivity contribution < 1.29 is 4.79 Å². The van der Waals surface area contributed by atoms with E-state index in [4.69, 9.17) is 28.9 Å². The van der Waals surface area contributed by atoms with Crippen molar-refractivity contribution >= 4 is 29.1 Å². The van der Waals surface area contributed by atoms with Gasteiger partial charge in [0.05, 0.1) is 6.04 Å². The minimum Gasteiger partial charge on any atom is -0.335 e. The average Bonchev–Trinajstić information content (AvgIpc) is 2.26. The van der Waals surface area contributed by atoms with Gasteiger partial charge in [-0.1, -0.05) is 29.3 Å². The first-order chi connectivity index (χ1) is 8.32. The van der Waals surface area contributed by atoms with Gasteiger partial charge >= 0.3 is 0 Å². The maximum Gasteiger partial charge on any atom is 0.239 e. The fourth-order valence-electron chi connectivity index (χ4n) is 1.61. The van der Waals surface area contributed by atoms with E-state index in [0.29, 0.717) is 16.6 Å². The Labute approximate surface area is 118 Å². The summed E-state index contributed by atoms with van der Waals surface area (Å²) >= 11 is 12.0. The summed E-state index contributed by atoms with van der Waals surface area (Å²) in [4.78, 5) is 13.7. The van der Waals surface area contributed by atoms with Crippen LogP contribution in [0.3, 0.4) is 0 Å². The molecule has 1 aromatic carbocycles. The summed E-state index contributed by atoms with van der Waals surface area (Å²) in [5.41, 5.74) is 6.51. The van der Waals surface area contributed by atoms with Crippen LogP contribution in [-0.4, -0.2) is 22.9 Å². The summed E-state index contributed by atoms with van der Waals surface area (Å²) in [5.74, 6) is -0.0870. The van der Waals surface area contributed by atoms with Crippen LogP contribution in [0.2, 0.25) is 10.0 Å². The van der Waals surface area contributed by atoms with Gasteiger partial charge in [-0.3, -0.25) is 4.79 Å². The van der Waals surface area contributed by atoms with Crippen LogP contribution in [0.4, 0.5) is 0 Å². The van der Waals surface area contributed by atoms with Crippen LogP contribution in [0.5, 0.6) is 0 Å². The third kappa shape index (κ3) is 3.87. The second kappa shape index (κ2) is 6.41. The van der Waals surface area contributed by atoms with Crippen LogP contribution in [0.15, 0.2) is 18.2 Å². The molecule has 1 rings (SSSR count). The fourth-order valence-corrected chi connectivity index (χ4v) is 2.08. The lowest BCUT2D eigenvalue weighted by atomic mass is 10.1. The van der Waals surface area contributed by atoms with Crippen molar-refractivity contribution in [2.24, 2.45) is 5.73 Å². The molecule has 0 spiro atoms. The van der Waals surface area contributed by atoms with E-state index in [1.165, 1.54) is 0 Å². The highest BCUT2D eigenvalue weighted by Crippen LogP contribution is 2.23. The molecule has 18 heavy (non-hydrogen) atoms. The smallest absolute Gasteiger partial charge is 0.239 e. The second-order valence-electron chi connectivity index (χ2n) is 4.58. The molecule has 1 amide bonds. The van der Waals surface area contributed by atoms with Gasteiger partial charge < -0.3 is 10.6 Å². The largest absolute Gasteiger partial charge is 0.335 e. The molecule has 0 saturated heterocycles. The quantitative estimate of drug-likeness (QED) is 0.926. The van der Waals surface area contributed by atoms with E-state index in [1.54, 1.807) is 24.0 Å². The first-order valence-corrected chi connectivity index (χ1v) is 6.58. The van der Waals surface area contributed by atoms with Gasteiger partial charge in [0.2, 0.25) is 5.91 Å². The summed E-state index contributed by atoms with van der Waals surface area (Å²) in [6.45, 7) is 6.02. The SMILES string of the molecule is CC(N)C(=O)N(Cc1ccc(Cl)cc1Cl)C(C)C. The normalized spacial score (nSPS) is 12.6. The molecule has 2 N–H and O–H groups in total. The Kier molecular flexibility index (Phi) is 5.45. The Morgan fingerprint density at radius 2 is 1.94 bits per heavy atom. The van der Waals surface area contributed by atoms with Crippen molar-refractivity contribution in [3.8, 4) is 0 Å². The lowest BCUT2D eigenvalue weighted by Gasteiger charge is -2.28. The molecule has 100 valence electrons. The highest BCUT2D eigenvalue weighted by atomic mass is 35.5. The van der Waals surface area contributed by atoms with Gasteiger partial charge in [0.1, 0.15) is 0 Å². The molecule has 5 heteroatoms. The average molecular weight is 289 g/mol. The van der Waals surface area contributed by atoms with E-state index in [-0.39, 0.29) is 11.9 Å². The van der Waals surface area contributed by atoms with Crippen molar-refractivity contribution in [3.63, 3.8) is 0 Å².